The van der Waals surface area contributed by atoms with Gasteiger partial charge in [0.05, 0.1) is 9.82 Å². The van der Waals surface area contributed by atoms with Gasteiger partial charge in [-0.1, -0.05) is 13.8 Å². The van der Waals surface area contributed by atoms with E-state index in [0.717, 1.165) is 0 Å². The van der Waals surface area contributed by atoms with Crippen molar-refractivity contribution in [1.29, 1.82) is 0 Å². The molecule has 21 heavy (non-hydrogen) atoms. The van der Waals surface area contributed by atoms with Gasteiger partial charge in [0, 0.05) is 31.8 Å². The van der Waals surface area contributed by atoms with Crippen LogP contribution in [0.2, 0.25) is 0 Å². The number of nitrogens with two attached hydrogens (primary N) is 1. The lowest BCUT2D eigenvalue weighted by Crippen LogP contribution is -2.34. The van der Waals surface area contributed by atoms with Crippen molar-refractivity contribution in [3.63, 3.8) is 0 Å². The molecule has 1 aromatic rings. The second-order valence-corrected chi connectivity index (χ2v) is 7.32. The molecule has 0 aliphatic heterocycles. The Labute approximate surface area is 124 Å². The zero-order chi connectivity index (χ0) is 16.2. The highest BCUT2D eigenvalue weighted by Gasteiger charge is 2.22. The summed E-state index contributed by atoms with van der Waals surface area (Å²) >= 11 is 0. The molecule has 0 radical (unpaired) electrons. The van der Waals surface area contributed by atoms with E-state index in [1.807, 2.05) is 13.8 Å². The molecular formula is C13H21N3O4S. The zero-order valence-corrected chi connectivity index (χ0v) is 13.2. The van der Waals surface area contributed by atoms with Gasteiger partial charge in [-0.2, -0.15) is 0 Å². The van der Waals surface area contributed by atoms with Gasteiger partial charge in [-0.05, 0) is 24.5 Å². The standard InChI is InChI=1S/C13H21N3O4S/c1-10(2)13(14)8-9-15(3)21(19,20)12-6-4-11(5-7-12)16(17)18/h4-7,10,13H,8-9,14H2,1-3H3. The van der Waals surface area contributed by atoms with Crippen LogP contribution < -0.4 is 5.73 Å². The first-order valence-corrected chi connectivity index (χ1v) is 8.06. The van der Waals surface area contributed by atoms with Gasteiger partial charge in [0.1, 0.15) is 0 Å². The van der Waals surface area contributed by atoms with Gasteiger partial charge in [-0.15, -0.1) is 0 Å². The lowest BCUT2D eigenvalue weighted by molar-refractivity contribution is -0.384. The Morgan fingerprint density at radius 3 is 2.24 bits per heavy atom. The van der Waals surface area contributed by atoms with E-state index in [1.165, 1.54) is 35.6 Å². The minimum absolute atomic E-state index is 0.0359. The minimum atomic E-state index is -3.65. The van der Waals surface area contributed by atoms with Crippen LogP contribution in [0.4, 0.5) is 5.69 Å². The van der Waals surface area contributed by atoms with Gasteiger partial charge >= 0.3 is 0 Å². The molecule has 0 saturated carbocycles. The monoisotopic (exact) mass is 315 g/mol. The topological polar surface area (TPSA) is 107 Å². The Balaban J connectivity index is 2.82. The molecule has 0 spiro atoms. The molecule has 0 amide bonds. The van der Waals surface area contributed by atoms with Crippen LogP contribution >= 0.6 is 0 Å². The van der Waals surface area contributed by atoms with Gasteiger partial charge in [-0.3, -0.25) is 10.1 Å². The molecule has 0 bridgehead atoms. The number of non-ortho nitro benzene ring substituents is 1. The fraction of sp³-hybridized carbons (Fsp3) is 0.538. The number of rotatable bonds is 7. The maximum absolute atomic E-state index is 12.3. The average Bonchev–Trinajstić information content (AvgIpc) is 2.44. The summed E-state index contributed by atoms with van der Waals surface area (Å²) < 4.78 is 25.8. The fourth-order valence-corrected chi connectivity index (χ4v) is 2.89. The van der Waals surface area contributed by atoms with Crippen LogP contribution in [-0.4, -0.2) is 37.3 Å². The third-order valence-electron chi connectivity index (χ3n) is 3.39. The predicted octanol–water partition coefficient (Wildman–Crippen LogP) is 1.59. The molecule has 1 rings (SSSR count). The Bertz CT molecular complexity index is 584. The molecule has 0 heterocycles. The summed E-state index contributed by atoms with van der Waals surface area (Å²) in [5.41, 5.74) is 5.76. The van der Waals surface area contributed by atoms with Crippen LogP contribution in [0.3, 0.4) is 0 Å². The molecule has 0 aliphatic rings. The van der Waals surface area contributed by atoms with E-state index in [2.05, 4.69) is 0 Å². The minimum Gasteiger partial charge on any atom is -0.327 e. The van der Waals surface area contributed by atoms with E-state index in [4.69, 9.17) is 5.73 Å². The molecule has 8 heteroatoms. The number of hydrogen-bond acceptors (Lipinski definition) is 5. The Morgan fingerprint density at radius 1 is 1.29 bits per heavy atom. The Kier molecular flexibility index (Phi) is 5.82. The van der Waals surface area contributed by atoms with Crippen LogP contribution in [0.15, 0.2) is 29.2 Å². The van der Waals surface area contributed by atoms with Crippen LogP contribution in [0.25, 0.3) is 0 Å². The third-order valence-corrected chi connectivity index (χ3v) is 5.26. The fourth-order valence-electron chi connectivity index (χ4n) is 1.70. The maximum atomic E-state index is 12.3. The van der Waals surface area contributed by atoms with Crippen LogP contribution in [-0.2, 0) is 10.0 Å². The lowest BCUT2D eigenvalue weighted by atomic mass is 10.0. The normalized spacial score (nSPS) is 13.6. The van der Waals surface area contributed by atoms with Crippen molar-refractivity contribution in [2.45, 2.75) is 31.2 Å². The first kappa shape index (κ1) is 17.5. The predicted molar refractivity (Wildman–Crippen MR) is 80.3 cm³/mol. The molecule has 2 N–H and O–H groups in total. The molecule has 0 aromatic heterocycles. The first-order chi connectivity index (χ1) is 9.66. The van der Waals surface area contributed by atoms with Gasteiger partial charge in [0.25, 0.3) is 5.69 Å². The van der Waals surface area contributed by atoms with Gasteiger partial charge in [0.15, 0.2) is 0 Å². The SMILES string of the molecule is CC(C)C(N)CCN(C)S(=O)(=O)c1ccc([N+](=O)[O-])cc1. The Morgan fingerprint density at radius 2 is 1.81 bits per heavy atom. The van der Waals surface area contributed by atoms with E-state index < -0.39 is 14.9 Å². The number of nitro benzene ring substituents is 1. The average molecular weight is 315 g/mol. The summed E-state index contributed by atoms with van der Waals surface area (Å²) in [5, 5.41) is 10.6. The summed E-state index contributed by atoms with van der Waals surface area (Å²) in [6.45, 7) is 4.27. The number of hydrogen-bond donors (Lipinski definition) is 1. The lowest BCUT2D eigenvalue weighted by Gasteiger charge is -2.21. The number of nitro groups is 1. The first-order valence-electron chi connectivity index (χ1n) is 6.62. The quantitative estimate of drug-likeness (QED) is 0.607. The van der Waals surface area contributed by atoms with Crippen molar-refractivity contribution in [1.82, 2.24) is 4.31 Å². The Hall–Kier alpha value is -1.51. The summed E-state index contributed by atoms with van der Waals surface area (Å²) in [5.74, 6) is 0.278. The number of benzene rings is 1. The molecule has 0 fully saturated rings. The molecule has 118 valence electrons. The smallest absolute Gasteiger partial charge is 0.269 e. The molecule has 1 unspecified atom stereocenters. The molecule has 1 atom stereocenters. The van der Waals surface area contributed by atoms with Crippen molar-refractivity contribution in [2.24, 2.45) is 11.7 Å². The number of sulfonamides is 1. The largest absolute Gasteiger partial charge is 0.327 e. The van der Waals surface area contributed by atoms with Crippen molar-refractivity contribution in [3.8, 4) is 0 Å². The highest BCUT2D eigenvalue weighted by molar-refractivity contribution is 7.89. The van der Waals surface area contributed by atoms with E-state index in [-0.39, 0.29) is 22.5 Å². The maximum Gasteiger partial charge on any atom is 0.269 e. The summed E-state index contributed by atoms with van der Waals surface area (Å²) in [4.78, 5) is 10.0. The third kappa shape index (κ3) is 4.48. The molecular weight excluding hydrogens is 294 g/mol. The van der Waals surface area contributed by atoms with Crippen molar-refractivity contribution < 1.29 is 13.3 Å². The molecule has 0 aliphatic carbocycles. The number of nitrogens with zero attached hydrogens (tertiary/aromatic N) is 2. The van der Waals surface area contributed by atoms with E-state index in [1.54, 1.807) is 0 Å². The molecule has 0 saturated heterocycles. The van der Waals surface area contributed by atoms with Crippen LogP contribution in [0.1, 0.15) is 20.3 Å². The zero-order valence-electron chi connectivity index (χ0n) is 12.4. The van der Waals surface area contributed by atoms with Crippen LogP contribution in [0, 0.1) is 16.0 Å². The van der Waals surface area contributed by atoms with Gasteiger partial charge in [-0.25, -0.2) is 12.7 Å². The second kappa shape index (κ2) is 6.97. The highest BCUT2D eigenvalue weighted by atomic mass is 32.2. The van der Waals surface area contributed by atoms with Gasteiger partial charge in [0.2, 0.25) is 10.0 Å². The molecule has 7 nitrogen and oxygen atoms in total. The molecule has 1 aromatic carbocycles. The van der Waals surface area contributed by atoms with Crippen molar-refractivity contribution >= 4 is 15.7 Å². The van der Waals surface area contributed by atoms with Crippen molar-refractivity contribution in [3.05, 3.63) is 34.4 Å². The van der Waals surface area contributed by atoms with Crippen molar-refractivity contribution in [2.75, 3.05) is 13.6 Å². The second-order valence-electron chi connectivity index (χ2n) is 5.27. The summed E-state index contributed by atoms with van der Waals surface area (Å²) in [6, 6.07) is 4.78. The summed E-state index contributed by atoms with van der Waals surface area (Å²) in [6.07, 6.45) is 0.556. The van der Waals surface area contributed by atoms with E-state index >= 15 is 0 Å². The van der Waals surface area contributed by atoms with Gasteiger partial charge < -0.3 is 5.73 Å². The van der Waals surface area contributed by atoms with Crippen LogP contribution in [0.5, 0.6) is 0 Å². The summed E-state index contributed by atoms with van der Waals surface area (Å²) in [7, 11) is -2.17. The van der Waals surface area contributed by atoms with E-state index in [0.29, 0.717) is 13.0 Å². The highest BCUT2D eigenvalue weighted by Crippen LogP contribution is 2.19. The van der Waals surface area contributed by atoms with E-state index in [9.17, 15) is 18.5 Å².